The van der Waals surface area contributed by atoms with Gasteiger partial charge in [0.1, 0.15) is 6.29 Å². The van der Waals surface area contributed by atoms with E-state index >= 15 is 0 Å². The van der Waals surface area contributed by atoms with Crippen molar-refractivity contribution in [2.75, 3.05) is 0 Å². The molecule has 4 aromatic rings. The lowest BCUT2D eigenvalue weighted by molar-refractivity contribution is 0.107. The number of carbonyl (C=O) groups excluding carboxylic acids is 1. The second kappa shape index (κ2) is 10.0. The van der Waals surface area contributed by atoms with Gasteiger partial charge in [0.25, 0.3) is 0 Å². The first-order valence-electron chi connectivity index (χ1n) is 8.95. The van der Waals surface area contributed by atoms with Crippen LogP contribution >= 0.6 is 0 Å². The van der Waals surface area contributed by atoms with E-state index in [-0.39, 0.29) is 0 Å². The summed E-state index contributed by atoms with van der Waals surface area (Å²) in [6.07, 6.45) is 0.867. The fourth-order valence-corrected chi connectivity index (χ4v) is 2.72. The molecule has 0 aliphatic rings. The summed E-state index contributed by atoms with van der Waals surface area (Å²) in [5, 5.41) is 2.28. The lowest BCUT2D eigenvalue weighted by Gasteiger charge is -2.03. The number of hydrogen-bond acceptors (Lipinski definition) is 2. The fourth-order valence-electron chi connectivity index (χ4n) is 2.72. The minimum atomic E-state index is 0.676. The van der Waals surface area contributed by atoms with Gasteiger partial charge in [-0.05, 0) is 28.0 Å². The number of fused-ring (bicyclic) bond motifs is 1. The van der Waals surface area contributed by atoms with Crippen molar-refractivity contribution < 1.29 is 9.53 Å². The second-order valence-corrected chi connectivity index (χ2v) is 6.19. The van der Waals surface area contributed by atoms with Gasteiger partial charge < -0.3 is 4.74 Å². The maximum absolute atomic E-state index is 10.5. The summed E-state index contributed by atoms with van der Waals surface area (Å²) in [6, 6.07) is 34.1. The van der Waals surface area contributed by atoms with Gasteiger partial charge in [0.15, 0.2) is 0 Å². The Bertz CT molecular complexity index is 923. The van der Waals surface area contributed by atoms with Crippen LogP contribution < -0.4 is 0 Å². The standard InChI is InChI=1S/C14H14O.C11H8O/c1-3-7-13(8-4-1)11-15-12-14-9-5-2-6-10-14;12-8-9-5-6-10-3-1-2-4-11(10)7-9/h1-10H,11-12H2;1-8H. The van der Waals surface area contributed by atoms with E-state index in [1.54, 1.807) is 0 Å². The van der Waals surface area contributed by atoms with E-state index in [0.29, 0.717) is 13.2 Å². The topological polar surface area (TPSA) is 26.3 Å². The van der Waals surface area contributed by atoms with Gasteiger partial charge in [0.05, 0.1) is 13.2 Å². The molecule has 0 atom stereocenters. The van der Waals surface area contributed by atoms with Crippen LogP contribution in [0.5, 0.6) is 0 Å². The van der Waals surface area contributed by atoms with Crippen molar-refractivity contribution in [3.05, 3.63) is 120 Å². The zero-order valence-corrected chi connectivity index (χ0v) is 15.1. The maximum atomic E-state index is 10.5. The summed E-state index contributed by atoms with van der Waals surface area (Å²) < 4.78 is 5.61. The van der Waals surface area contributed by atoms with Crippen LogP contribution in [0.25, 0.3) is 10.8 Å². The first-order valence-corrected chi connectivity index (χ1v) is 8.95. The Balaban J connectivity index is 0.000000159. The van der Waals surface area contributed by atoms with Gasteiger partial charge in [-0.1, -0.05) is 97.1 Å². The van der Waals surface area contributed by atoms with Gasteiger partial charge in [0.2, 0.25) is 0 Å². The first-order chi connectivity index (χ1) is 13.3. The molecule has 0 saturated heterocycles. The van der Waals surface area contributed by atoms with E-state index in [2.05, 4.69) is 24.3 Å². The largest absolute Gasteiger partial charge is 0.372 e. The van der Waals surface area contributed by atoms with E-state index in [1.807, 2.05) is 78.9 Å². The Morgan fingerprint density at radius 2 is 1.11 bits per heavy atom. The van der Waals surface area contributed by atoms with E-state index in [9.17, 15) is 4.79 Å². The van der Waals surface area contributed by atoms with E-state index in [0.717, 1.165) is 17.2 Å². The average Bonchev–Trinajstić information content (AvgIpc) is 2.75. The Kier molecular flexibility index (Phi) is 6.91. The summed E-state index contributed by atoms with van der Waals surface area (Å²) in [6.45, 7) is 1.35. The highest BCUT2D eigenvalue weighted by Gasteiger charge is 1.94. The Labute approximate surface area is 160 Å². The number of carbonyl (C=O) groups is 1. The smallest absolute Gasteiger partial charge is 0.150 e. The van der Waals surface area contributed by atoms with E-state index in [4.69, 9.17) is 4.74 Å². The second-order valence-electron chi connectivity index (χ2n) is 6.19. The van der Waals surface area contributed by atoms with Crippen LogP contribution in [-0.2, 0) is 18.0 Å². The van der Waals surface area contributed by atoms with Crippen molar-refractivity contribution in [3.63, 3.8) is 0 Å². The number of benzene rings is 4. The molecule has 0 radical (unpaired) electrons. The molecule has 0 spiro atoms. The van der Waals surface area contributed by atoms with Crippen molar-refractivity contribution in [2.45, 2.75) is 13.2 Å². The number of hydrogen-bond donors (Lipinski definition) is 0. The molecule has 0 saturated carbocycles. The molecule has 0 aliphatic carbocycles. The molecule has 0 heterocycles. The van der Waals surface area contributed by atoms with Crippen molar-refractivity contribution in [1.82, 2.24) is 0 Å². The predicted molar refractivity (Wildman–Crippen MR) is 111 cm³/mol. The third kappa shape index (κ3) is 5.91. The number of aldehydes is 1. The Hall–Kier alpha value is -3.23. The highest BCUT2D eigenvalue weighted by atomic mass is 16.5. The molecule has 4 aromatic carbocycles. The summed E-state index contributed by atoms with van der Waals surface area (Å²) >= 11 is 0. The van der Waals surface area contributed by atoms with Crippen LogP contribution in [0.4, 0.5) is 0 Å². The van der Waals surface area contributed by atoms with Crippen LogP contribution in [-0.4, -0.2) is 6.29 Å². The van der Waals surface area contributed by atoms with Crippen LogP contribution in [0.2, 0.25) is 0 Å². The molecule has 0 N–H and O–H groups in total. The van der Waals surface area contributed by atoms with E-state index < -0.39 is 0 Å². The summed E-state index contributed by atoms with van der Waals surface area (Å²) in [7, 11) is 0. The van der Waals surface area contributed by atoms with Gasteiger partial charge in [-0.2, -0.15) is 0 Å². The highest BCUT2D eigenvalue weighted by molar-refractivity contribution is 5.88. The summed E-state index contributed by atoms with van der Waals surface area (Å²) in [5.74, 6) is 0. The fraction of sp³-hybridized carbons (Fsp3) is 0.0800. The normalized spacial score (nSPS) is 10.1. The molecule has 2 heteroatoms. The molecule has 27 heavy (non-hydrogen) atoms. The van der Waals surface area contributed by atoms with Gasteiger partial charge >= 0.3 is 0 Å². The van der Waals surface area contributed by atoms with Crippen LogP contribution in [0, 0.1) is 0 Å². The van der Waals surface area contributed by atoms with Gasteiger partial charge in [-0.15, -0.1) is 0 Å². The lowest BCUT2D eigenvalue weighted by atomic mass is 10.1. The van der Waals surface area contributed by atoms with Crippen LogP contribution in [0.15, 0.2) is 103 Å². The Morgan fingerprint density at radius 1 is 0.593 bits per heavy atom. The Morgan fingerprint density at radius 3 is 1.67 bits per heavy atom. The van der Waals surface area contributed by atoms with Crippen molar-refractivity contribution in [3.8, 4) is 0 Å². The molecule has 0 aliphatic heterocycles. The minimum absolute atomic E-state index is 0.676. The molecule has 0 unspecified atom stereocenters. The van der Waals surface area contributed by atoms with Crippen molar-refractivity contribution >= 4 is 17.1 Å². The van der Waals surface area contributed by atoms with Gasteiger partial charge in [-0.25, -0.2) is 0 Å². The molecule has 0 amide bonds. The van der Waals surface area contributed by atoms with Crippen LogP contribution in [0.1, 0.15) is 21.5 Å². The lowest BCUT2D eigenvalue weighted by Crippen LogP contribution is -1.93. The van der Waals surface area contributed by atoms with Crippen molar-refractivity contribution in [2.24, 2.45) is 0 Å². The SMILES string of the molecule is O=Cc1ccc2ccccc2c1.c1ccc(COCc2ccccc2)cc1. The van der Waals surface area contributed by atoms with Crippen LogP contribution in [0.3, 0.4) is 0 Å². The third-order valence-electron chi connectivity index (χ3n) is 4.13. The molecule has 4 rings (SSSR count). The number of rotatable bonds is 5. The molecular formula is C25H22O2. The molecule has 0 fully saturated rings. The highest BCUT2D eigenvalue weighted by Crippen LogP contribution is 2.14. The summed E-state index contributed by atoms with van der Waals surface area (Å²) in [4.78, 5) is 10.5. The molecular weight excluding hydrogens is 332 g/mol. The zero-order valence-electron chi connectivity index (χ0n) is 15.1. The average molecular weight is 354 g/mol. The molecule has 0 aromatic heterocycles. The summed E-state index contributed by atoms with van der Waals surface area (Å²) in [5.41, 5.74) is 3.16. The minimum Gasteiger partial charge on any atom is -0.372 e. The molecule has 2 nitrogen and oxygen atoms in total. The zero-order chi connectivity index (χ0) is 18.7. The maximum Gasteiger partial charge on any atom is 0.150 e. The molecule has 134 valence electrons. The number of ether oxygens (including phenoxy) is 1. The predicted octanol–water partition coefficient (Wildman–Crippen LogP) is 6.06. The third-order valence-corrected chi connectivity index (χ3v) is 4.13. The van der Waals surface area contributed by atoms with Gasteiger partial charge in [0, 0.05) is 5.56 Å². The quantitative estimate of drug-likeness (QED) is 0.407. The monoisotopic (exact) mass is 354 g/mol. The van der Waals surface area contributed by atoms with Gasteiger partial charge in [-0.3, -0.25) is 4.79 Å². The molecule has 0 bridgehead atoms. The van der Waals surface area contributed by atoms with E-state index in [1.165, 1.54) is 16.5 Å². The van der Waals surface area contributed by atoms with Crippen molar-refractivity contribution in [1.29, 1.82) is 0 Å². The first kappa shape index (κ1) is 18.6.